The van der Waals surface area contributed by atoms with Crippen molar-refractivity contribution in [1.82, 2.24) is 4.98 Å². The molecule has 1 rings (SSSR count). The van der Waals surface area contributed by atoms with Gasteiger partial charge in [-0.25, -0.2) is 4.98 Å². The molecule has 62 valence electrons. The van der Waals surface area contributed by atoms with E-state index in [2.05, 4.69) is 4.98 Å². The van der Waals surface area contributed by atoms with Crippen LogP contribution in [0.1, 0.15) is 23.2 Å². The monoisotopic (exact) mass is 172 g/mol. The highest BCUT2D eigenvalue weighted by Gasteiger charge is 2.07. The van der Waals surface area contributed by atoms with Crippen molar-refractivity contribution in [3.05, 3.63) is 16.1 Å². The van der Waals surface area contributed by atoms with Crippen molar-refractivity contribution in [2.24, 2.45) is 5.73 Å². The minimum Gasteiger partial charge on any atom is -0.396 e. The molecule has 3 N–H and O–H groups in total. The van der Waals surface area contributed by atoms with Gasteiger partial charge in [-0.15, -0.1) is 11.3 Å². The molecule has 1 aromatic heterocycles. The molecule has 0 unspecified atom stereocenters. The maximum atomic E-state index is 8.60. The zero-order valence-corrected chi connectivity index (χ0v) is 7.27. The van der Waals surface area contributed by atoms with Gasteiger partial charge in [-0.05, 0) is 13.3 Å². The van der Waals surface area contributed by atoms with Gasteiger partial charge in [0.25, 0.3) is 0 Å². The third-order valence-electron chi connectivity index (χ3n) is 1.46. The largest absolute Gasteiger partial charge is 0.396 e. The summed E-state index contributed by atoms with van der Waals surface area (Å²) in [7, 11) is 0. The number of nitrogens with zero attached hydrogens (tertiary/aromatic N) is 1. The molecule has 1 atom stereocenters. The number of rotatable bonds is 3. The number of aliphatic hydroxyl groups excluding tert-OH is 1. The van der Waals surface area contributed by atoms with Gasteiger partial charge >= 0.3 is 0 Å². The lowest BCUT2D eigenvalue weighted by Gasteiger charge is -2.04. The average Bonchev–Trinajstić information content (AvgIpc) is 2.36. The molecule has 0 fully saturated rings. The number of hydrogen-bond acceptors (Lipinski definition) is 4. The van der Waals surface area contributed by atoms with Gasteiger partial charge in [-0.3, -0.25) is 0 Å². The summed E-state index contributed by atoms with van der Waals surface area (Å²) >= 11 is 1.59. The van der Waals surface area contributed by atoms with Crippen LogP contribution in [0, 0.1) is 6.92 Å². The molecule has 1 heterocycles. The Morgan fingerprint density at radius 2 is 2.55 bits per heavy atom. The summed E-state index contributed by atoms with van der Waals surface area (Å²) < 4.78 is 0. The second-order valence-electron chi connectivity index (χ2n) is 2.41. The van der Waals surface area contributed by atoms with E-state index in [9.17, 15) is 0 Å². The Morgan fingerprint density at radius 1 is 1.82 bits per heavy atom. The summed E-state index contributed by atoms with van der Waals surface area (Å²) in [5.74, 6) is 0. The molecule has 0 aliphatic rings. The molecule has 0 bridgehead atoms. The second-order valence-corrected chi connectivity index (χ2v) is 3.47. The number of aromatic nitrogens is 1. The highest BCUT2D eigenvalue weighted by atomic mass is 32.1. The second kappa shape index (κ2) is 3.80. The fourth-order valence-electron chi connectivity index (χ4n) is 0.837. The Bertz CT molecular complexity index is 224. The van der Waals surface area contributed by atoms with E-state index in [1.807, 2.05) is 12.3 Å². The van der Waals surface area contributed by atoms with Crippen molar-refractivity contribution < 1.29 is 5.11 Å². The molecule has 0 amide bonds. The Hall–Kier alpha value is -0.450. The van der Waals surface area contributed by atoms with Crippen LogP contribution in [0.15, 0.2) is 5.38 Å². The van der Waals surface area contributed by atoms with Gasteiger partial charge in [-0.1, -0.05) is 0 Å². The molecular weight excluding hydrogens is 160 g/mol. The Balaban J connectivity index is 2.60. The molecule has 4 heteroatoms. The van der Waals surface area contributed by atoms with Crippen LogP contribution in [0.5, 0.6) is 0 Å². The predicted molar refractivity (Wildman–Crippen MR) is 45.5 cm³/mol. The summed E-state index contributed by atoms with van der Waals surface area (Å²) in [5.41, 5.74) is 6.59. The smallest absolute Gasteiger partial charge is 0.0898 e. The van der Waals surface area contributed by atoms with Gasteiger partial charge in [0, 0.05) is 12.0 Å². The first-order chi connectivity index (χ1) is 5.24. The number of aryl methyl sites for hydroxylation is 1. The molecule has 0 aliphatic heterocycles. The van der Waals surface area contributed by atoms with Crippen molar-refractivity contribution in [2.75, 3.05) is 6.61 Å². The fourth-order valence-corrected chi connectivity index (χ4v) is 1.51. The van der Waals surface area contributed by atoms with Crippen LogP contribution in [-0.2, 0) is 0 Å². The van der Waals surface area contributed by atoms with Gasteiger partial charge < -0.3 is 10.8 Å². The Kier molecular flexibility index (Phi) is 2.99. The molecular formula is C7H12N2OS. The van der Waals surface area contributed by atoms with Gasteiger partial charge in [0.1, 0.15) is 0 Å². The lowest BCUT2D eigenvalue weighted by molar-refractivity contribution is 0.276. The zero-order valence-electron chi connectivity index (χ0n) is 6.45. The predicted octanol–water partition coefficient (Wildman–Crippen LogP) is 0.834. The van der Waals surface area contributed by atoms with E-state index in [0.29, 0.717) is 6.42 Å². The van der Waals surface area contributed by atoms with Gasteiger partial charge in [0.05, 0.1) is 16.7 Å². The van der Waals surface area contributed by atoms with Crippen molar-refractivity contribution in [2.45, 2.75) is 19.4 Å². The number of aliphatic hydroxyl groups is 1. The highest BCUT2D eigenvalue weighted by Crippen LogP contribution is 2.16. The van der Waals surface area contributed by atoms with Crippen molar-refractivity contribution in [3.63, 3.8) is 0 Å². The fraction of sp³-hybridized carbons (Fsp3) is 0.571. The maximum Gasteiger partial charge on any atom is 0.0898 e. The van der Waals surface area contributed by atoms with Crippen molar-refractivity contribution in [1.29, 1.82) is 0 Å². The standard InChI is InChI=1S/C7H12N2OS/c1-5-9-7(4-11-5)6(8)2-3-10/h4,6,10H,2-3,8H2,1H3/t6-/m1/s1. The molecule has 0 spiro atoms. The van der Waals surface area contributed by atoms with Gasteiger partial charge in [0.15, 0.2) is 0 Å². The lowest BCUT2D eigenvalue weighted by Crippen LogP contribution is -2.12. The van der Waals surface area contributed by atoms with E-state index >= 15 is 0 Å². The number of nitrogens with two attached hydrogens (primary N) is 1. The number of hydrogen-bond donors (Lipinski definition) is 2. The Labute approximate surface area is 69.9 Å². The third-order valence-corrected chi connectivity index (χ3v) is 2.25. The van der Waals surface area contributed by atoms with E-state index in [-0.39, 0.29) is 12.6 Å². The first-order valence-corrected chi connectivity index (χ1v) is 4.40. The third kappa shape index (κ3) is 2.25. The lowest BCUT2D eigenvalue weighted by atomic mass is 10.2. The molecule has 0 aromatic carbocycles. The van der Waals surface area contributed by atoms with Crippen LogP contribution < -0.4 is 5.73 Å². The van der Waals surface area contributed by atoms with E-state index in [1.165, 1.54) is 0 Å². The summed E-state index contributed by atoms with van der Waals surface area (Å²) in [6.45, 7) is 2.07. The van der Waals surface area contributed by atoms with Crippen molar-refractivity contribution in [3.8, 4) is 0 Å². The molecule has 0 saturated heterocycles. The molecule has 0 saturated carbocycles. The van der Waals surface area contributed by atoms with Crippen LogP contribution in [-0.4, -0.2) is 16.7 Å². The van der Waals surface area contributed by atoms with E-state index in [0.717, 1.165) is 10.7 Å². The average molecular weight is 172 g/mol. The minimum absolute atomic E-state index is 0.107. The maximum absolute atomic E-state index is 8.60. The summed E-state index contributed by atoms with van der Waals surface area (Å²) in [5, 5.41) is 11.6. The van der Waals surface area contributed by atoms with E-state index < -0.39 is 0 Å². The van der Waals surface area contributed by atoms with Crippen LogP contribution >= 0.6 is 11.3 Å². The molecule has 11 heavy (non-hydrogen) atoms. The first kappa shape index (κ1) is 8.64. The summed E-state index contributed by atoms with van der Waals surface area (Å²) in [6, 6.07) is -0.107. The molecule has 3 nitrogen and oxygen atoms in total. The SMILES string of the molecule is Cc1nc([C@H](N)CCO)cs1. The van der Waals surface area contributed by atoms with Crippen molar-refractivity contribution >= 4 is 11.3 Å². The number of thiazole rings is 1. The van der Waals surface area contributed by atoms with Crippen LogP contribution in [0.25, 0.3) is 0 Å². The van der Waals surface area contributed by atoms with Crippen LogP contribution in [0.2, 0.25) is 0 Å². The first-order valence-electron chi connectivity index (χ1n) is 3.52. The van der Waals surface area contributed by atoms with E-state index in [1.54, 1.807) is 11.3 Å². The van der Waals surface area contributed by atoms with Gasteiger partial charge in [0.2, 0.25) is 0 Å². The minimum atomic E-state index is -0.107. The topological polar surface area (TPSA) is 59.1 Å². The Morgan fingerprint density at radius 3 is 3.00 bits per heavy atom. The highest BCUT2D eigenvalue weighted by molar-refractivity contribution is 7.09. The molecule has 1 aromatic rings. The van der Waals surface area contributed by atoms with E-state index in [4.69, 9.17) is 10.8 Å². The van der Waals surface area contributed by atoms with Gasteiger partial charge in [-0.2, -0.15) is 0 Å². The summed E-state index contributed by atoms with van der Waals surface area (Å²) in [6.07, 6.45) is 0.586. The quantitative estimate of drug-likeness (QED) is 0.710. The van der Waals surface area contributed by atoms with Crippen LogP contribution in [0.3, 0.4) is 0 Å². The normalized spacial score (nSPS) is 13.4. The zero-order chi connectivity index (χ0) is 8.27. The van der Waals surface area contributed by atoms with Crippen LogP contribution in [0.4, 0.5) is 0 Å². The molecule has 0 radical (unpaired) electrons. The molecule has 0 aliphatic carbocycles. The summed E-state index contributed by atoms with van der Waals surface area (Å²) in [4.78, 5) is 4.21.